The van der Waals surface area contributed by atoms with Crippen molar-refractivity contribution in [2.45, 2.75) is 79.1 Å². The first-order chi connectivity index (χ1) is 44.2. The van der Waals surface area contributed by atoms with Crippen molar-refractivity contribution in [3.8, 4) is 46.0 Å². The van der Waals surface area contributed by atoms with Crippen molar-refractivity contribution in [2.75, 3.05) is 0 Å². The topological polar surface area (TPSA) is 162 Å². The van der Waals surface area contributed by atoms with Crippen LogP contribution in [-0.4, -0.2) is 40.9 Å². The lowest BCUT2D eigenvalue weighted by molar-refractivity contribution is 0.469. The van der Waals surface area contributed by atoms with Gasteiger partial charge in [-0.2, -0.15) is 0 Å². The number of aryl methyl sites for hydroxylation is 8. The average Bonchev–Trinajstić information content (AvgIpc) is 0.827. The molecule has 0 saturated heterocycles. The summed E-state index contributed by atoms with van der Waals surface area (Å²) < 4.78 is 0. The molecule has 0 aliphatic rings. The fourth-order valence-electron chi connectivity index (χ4n) is 12.1. The second kappa shape index (κ2) is 30.0. The first-order valence-electron chi connectivity index (χ1n) is 30.8. The maximum Gasteiger partial charge on any atom is 0.118 e. The lowest BCUT2D eigenvalue weighted by atomic mass is 9.80. The highest BCUT2D eigenvalue weighted by molar-refractivity contribution is 5.56. The number of aromatic hydroxyl groups is 8. The Labute approximate surface area is 541 Å². The summed E-state index contributed by atoms with van der Waals surface area (Å²) in [7, 11) is 0. The molecule has 0 amide bonds. The molecule has 0 aliphatic carbocycles. The zero-order valence-electron chi connectivity index (χ0n) is 53.3. The molecule has 8 N–H and O–H groups in total. The second-order valence-corrected chi connectivity index (χ2v) is 23.7. The standard InChI is InChI=1S/C23H24O2.2C21H20O2.C19H16O2/c1-14-12-21(24)16(3)10-19(14)23(18-8-6-5-7-9-18)20-11-17(4)22(25)13-15(20)2;1-14-12-17(22)8-10-19(14)21(16-6-4-3-5-7-16)20-11-9-18(23)13-15(20)2;1-14-12-17(8-10-19(14)22)21(16-6-4-3-5-7-16)18-9-11-20(23)15(2)13-18;20-17-10-6-15(7-11-17)19(14-4-2-1-3-5-14)16-8-12-18(21)13-9-16/h5-13,23-25H,1-4H3;2*3-13,21-23H,1-2H3;1-13,19-21H. The molecule has 0 unspecified atom stereocenters. The van der Waals surface area contributed by atoms with Gasteiger partial charge in [-0.05, 0) is 239 Å². The summed E-state index contributed by atoms with van der Waals surface area (Å²) in [6.07, 6.45) is 0. The molecule has 12 rings (SSSR count). The summed E-state index contributed by atoms with van der Waals surface area (Å²) in [5.41, 5.74) is 21.5. The van der Waals surface area contributed by atoms with Gasteiger partial charge in [0.15, 0.2) is 0 Å². The number of benzene rings is 12. The minimum absolute atomic E-state index is 0.0554. The third-order valence-electron chi connectivity index (χ3n) is 17.0. The summed E-state index contributed by atoms with van der Waals surface area (Å²) in [4.78, 5) is 0. The fraction of sp³-hybridized carbons (Fsp3) is 0.143. The SMILES string of the molecule is Cc1cc(C(c2ccccc2)c2cc(C)c(O)cc2C)c(C)cc1O.Cc1cc(C(c2ccccc2)c2ccc(O)c(C)c2)ccc1O.Cc1cc(O)ccc1C(c1ccccc1)c1ccc(O)cc1C.Oc1ccc(C(c2ccccc2)c2ccc(O)cc2)cc1. The summed E-state index contributed by atoms with van der Waals surface area (Å²) in [5.74, 6) is 2.61. The Bertz CT molecular complexity index is 4190. The van der Waals surface area contributed by atoms with Crippen molar-refractivity contribution >= 4 is 0 Å². The first-order valence-corrected chi connectivity index (χ1v) is 30.8. The lowest BCUT2D eigenvalue weighted by Crippen LogP contribution is -2.08. The van der Waals surface area contributed by atoms with Crippen LogP contribution in [0.25, 0.3) is 0 Å². The molecule has 8 nitrogen and oxygen atoms in total. The van der Waals surface area contributed by atoms with E-state index in [0.717, 1.165) is 77.9 Å². The smallest absolute Gasteiger partial charge is 0.118 e. The minimum Gasteiger partial charge on any atom is -0.508 e. The summed E-state index contributed by atoms with van der Waals surface area (Å²) in [6.45, 7) is 15.8. The molecule has 12 aromatic carbocycles. The Morgan fingerprint density at radius 2 is 0.424 bits per heavy atom. The third-order valence-corrected chi connectivity index (χ3v) is 17.0. The monoisotopic (exact) mass is 1220 g/mol. The predicted molar refractivity (Wildman–Crippen MR) is 372 cm³/mol. The van der Waals surface area contributed by atoms with Gasteiger partial charge >= 0.3 is 0 Å². The van der Waals surface area contributed by atoms with Crippen molar-refractivity contribution < 1.29 is 40.9 Å². The van der Waals surface area contributed by atoms with Gasteiger partial charge in [-0.15, -0.1) is 0 Å². The fourth-order valence-corrected chi connectivity index (χ4v) is 12.1. The van der Waals surface area contributed by atoms with E-state index in [-0.39, 0.29) is 46.7 Å². The molecule has 0 saturated carbocycles. The Morgan fingerprint density at radius 1 is 0.174 bits per heavy atom. The van der Waals surface area contributed by atoms with E-state index in [9.17, 15) is 40.9 Å². The Balaban J connectivity index is 0.000000145. The minimum atomic E-state index is 0.0554. The maximum absolute atomic E-state index is 10.0. The van der Waals surface area contributed by atoms with Crippen molar-refractivity contribution in [2.24, 2.45) is 0 Å². The van der Waals surface area contributed by atoms with Gasteiger partial charge in [0.1, 0.15) is 46.0 Å². The molecule has 8 heteroatoms. The van der Waals surface area contributed by atoms with Gasteiger partial charge in [-0.3, -0.25) is 0 Å². The van der Waals surface area contributed by atoms with E-state index < -0.39 is 0 Å². The van der Waals surface area contributed by atoms with Crippen molar-refractivity contribution in [3.63, 3.8) is 0 Å². The Morgan fingerprint density at radius 3 is 0.739 bits per heavy atom. The zero-order valence-corrected chi connectivity index (χ0v) is 53.3. The van der Waals surface area contributed by atoms with Crippen LogP contribution in [-0.2, 0) is 0 Å². The molecular formula is C84H80O8. The third kappa shape index (κ3) is 16.1. The normalized spacial score (nSPS) is 10.9. The number of hydrogen-bond acceptors (Lipinski definition) is 8. The van der Waals surface area contributed by atoms with Crippen molar-refractivity contribution in [3.05, 3.63) is 378 Å². The van der Waals surface area contributed by atoms with E-state index in [1.165, 1.54) is 33.4 Å². The van der Waals surface area contributed by atoms with Gasteiger partial charge in [-0.25, -0.2) is 0 Å². The van der Waals surface area contributed by atoms with Gasteiger partial charge < -0.3 is 40.9 Å². The van der Waals surface area contributed by atoms with Crippen molar-refractivity contribution in [1.82, 2.24) is 0 Å². The molecule has 464 valence electrons. The largest absolute Gasteiger partial charge is 0.508 e. The van der Waals surface area contributed by atoms with Crippen LogP contribution in [0.1, 0.15) is 135 Å². The van der Waals surface area contributed by atoms with Crippen molar-refractivity contribution in [1.29, 1.82) is 0 Å². The molecule has 92 heavy (non-hydrogen) atoms. The number of phenolic OH excluding ortho intramolecular Hbond substituents is 8. The van der Waals surface area contributed by atoms with E-state index in [1.54, 1.807) is 60.7 Å². The van der Waals surface area contributed by atoms with Crippen LogP contribution in [0.5, 0.6) is 46.0 Å². The molecule has 12 aromatic rings. The summed E-state index contributed by atoms with van der Waals surface area (Å²) in [5, 5.41) is 78.1. The van der Waals surface area contributed by atoms with Crippen LogP contribution in [0.15, 0.2) is 267 Å². The lowest BCUT2D eigenvalue weighted by Gasteiger charge is -2.24. The second-order valence-electron chi connectivity index (χ2n) is 23.7. The van der Waals surface area contributed by atoms with E-state index in [4.69, 9.17) is 0 Å². The van der Waals surface area contributed by atoms with Crippen LogP contribution in [0.3, 0.4) is 0 Å². The average molecular weight is 1220 g/mol. The molecule has 0 spiro atoms. The molecule has 0 atom stereocenters. The Hall–Kier alpha value is -11.0. The van der Waals surface area contributed by atoms with Crippen LogP contribution in [0.4, 0.5) is 0 Å². The number of phenols is 8. The van der Waals surface area contributed by atoms with Gasteiger partial charge in [0.05, 0.1) is 0 Å². The van der Waals surface area contributed by atoms with Gasteiger partial charge in [0, 0.05) is 23.7 Å². The zero-order chi connectivity index (χ0) is 65.6. The van der Waals surface area contributed by atoms with Crippen LogP contribution in [0.2, 0.25) is 0 Å². The molecule has 0 heterocycles. The van der Waals surface area contributed by atoms with E-state index in [2.05, 4.69) is 60.7 Å². The maximum atomic E-state index is 10.0. The summed E-state index contributed by atoms with van der Waals surface area (Å²) >= 11 is 0. The molecule has 0 radical (unpaired) electrons. The van der Waals surface area contributed by atoms with Gasteiger partial charge in [0.25, 0.3) is 0 Å². The van der Waals surface area contributed by atoms with E-state index in [0.29, 0.717) is 23.0 Å². The highest BCUT2D eigenvalue weighted by Crippen LogP contribution is 2.42. The van der Waals surface area contributed by atoms with E-state index in [1.807, 2.05) is 201 Å². The number of hydrogen-bond donors (Lipinski definition) is 8. The van der Waals surface area contributed by atoms with Gasteiger partial charge in [-0.1, -0.05) is 194 Å². The first kappa shape index (κ1) is 65.5. The van der Waals surface area contributed by atoms with Crippen LogP contribution < -0.4 is 0 Å². The molecule has 0 fully saturated rings. The molecular weight excluding hydrogens is 1140 g/mol. The highest BCUT2D eigenvalue weighted by Gasteiger charge is 2.25. The predicted octanol–water partition coefficient (Wildman–Crippen LogP) is 19.6. The van der Waals surface area contributed by atoms with Crippen LogP contribution in [0, 0.1) is 55.4 Å². The van der Waals surface area contributed by atoms with Crippen LogP contribution >= 0.6 is 0 Å². The highest BCUT2D eigenvalue weighted by atomic mass is 16.3. The quantitative estimate of drug-likeness (QED) is 0.0561. The molecule has 0 aromatic heterocycles. The molecule has 0 aliphatic heterocycles. The summed E-state index contributed by atoms with van der Waals surface area (Å²) in [6, 6.07) is 86.0. The number of rotatable bonds is 12. The Kier molecular flexibility index (Phi) is 21.4. The van der Waals surface area contributed by atoms with E-state index >= 15 is 0 Å². The molecule has 0 bridgehead atoms. The van der Waals surface area contributed by atoms with Gasteiger partial charge in [0.2, 0.25) is 0 Å².